The highest BCUT2D eigenvalue weighted by Gasteiger charge is 1.82. The zero-order valence-electron chi connectivity index (χ0n) is 5.22. The summed E-state index contributed by atoms with van der Waals surface area (Å²) in [5.41, 5.74) is 0. The first-order chi connectivity index (χ1) is 3.81. The molecule has 0 rings (SSSR count). The zero-order chi connectivity index (χ0) is 6.41. The molecule has 0 saturated carbocycles. The molecule has 0 nitrogen and oxygen atoms in total. The van der Waals surface area contributed by atoms with Gasteiger partial charge in [0, 0.05) is 0 Å². The van der Waals surface area contributed by atoms with Gasteiger partial charge in [0.1, 0.15) is 0 Å². The van der Waals surface area contributed by atoms with E-state index in [-0.39, 0.29) is 0 Å². The highest BCUT2D eigenvalue weighted by Crippen LogP contribution is 2.07. The van der Waals surface area contributed by atoms with Crippen LogP contribution in [0.25, 0.3) is 0 Å². The van der Waals surface area contributed by atoms with Gasteiger partial charge in [-0.2, -0.15) is 0 Å². The number of thiol groups is 1. The first kappa shape index (κ1) is 7.83. The average molecular weight is 128 g/mol. The number of rotatable bonds is 3. The quantitative estimate of drug-likeness (QED) is 0.438. The maximum Gasteiger partial charge on any atom is -0.0184 e. The molecule has 0 spiro atoms. The van der Waals surface area contributed by atoms with E-state index in [1.807, 2.05) is 6.08 Å². The maximum absolute atomic E-state index is 4.18. The summed E-state index contributed by atoms with van der Waals surface area (Å²) in [6, 6.07) is 0. The van der Waals surface area contributed by atoms with Crippen molar-refractivity contribution in [2.24, 2.45) is 0 Å². The number of allylic oxidation sites excluding steroid dienone is 3. The molecule has 1 heteroatoms. The minimum atomic E-state index is 1.06. The molecule has 46 valence electrons. The number of hydrogen-bond donors (Lipinski definition) is 1. The Bertz CT molecular complexity index is 92.6. The lowest BCUT2D eigenvalue weighted by Gasteiger charge is -1.90. The zero-order valence-corrected chi connectivity index (χ0v) is 6.12. The van der Waals surface area contributed by atoms with Crippen LogP contribution >= 0.6 is 12.6 Å². The lowest BCUT2D eigenvalue weighted by Crippen LogP contribution is -1.67. The van der Waals surface area contributed by atoms with Crippen molar-refractivity contribution in [1.82, 2.24) is 0 Å². The minimum absolute atomic E-state index is 1.06. The van der Waals surface area contributed by atoms with Gasteiger partial charge in [-0.3, -0.25) is 0 Å². The first-order valence-electron chi connectivity index (χ1n) is 2.81. The Hall–Kier alpha value is -0.170. The Kier molecular flexibility index (Phi) is 4.87. The molecule has 0 aromatic heterocycles. The van der Waals surface area contributed by atoms with E-state index in [0.29, 0.717) is 0 Å². The molecule has 0 bridgehead atoms. The molecule has 0 N–H and O–H groups in total. The summed E-state index contributed by atoms with van der Waals surface area (Å²) in [4.78, 5) is 1.11. The van der Waals surface area contributed by atoms with E-state index in [9.17, 15) is 0 Å². The van der Waals surface area contributed by atoms with Crippen LogP contribution in [-0.2, 0) is 0 Å². The molecule has 0 radical (unpaired) electrons. The highest BCUT2D eigenvalue weighted by molar-refractivity contribution is 7.84. The van der Waals surface area contributed by atoms with Crippen LogP contribution in [0.5, 0.6) is 0 Å². The van der Waals surface area contributed by atoms with Gasteiger partial charge in [0.2, 0.25) is 0 Å². The summed E-state index contributed by atoms with van der Waals surface area (Å²) in [7, 11) is 0. The fourth-order valence-corrected chi connectivity index (χ4v) is 0.805. The van der Waals surface area contributed by atoms with Gasteiger partial charge in [-0.05, 0) is 11.3 Å². The van der Waals surface area contributed by atoms with E-state index in [2.05, 4.69) is 26.1 Å². The Morgan fingerprint density at radius 3 is 2.75 bits per heavy atom. The van der Waals surface area contributed by atoms with E-state index < -0.39 is 0 Å². The smallest absolute Gasteiger partial charge is 0.0184 e. The van der Waals surface area contributed by atoms with Crippen LogP contribution in [0.4, 0.5) is 0 Å². The topological polar surface area (TPSA) is 0 Å². The Balaban J connectivity index is 3.44. The van der Waals surface area contributed by atoms with E-state index in [1.165, 1.54) is 0 Å². The van der Waals surface area contributed by atoms with Gasteiger partial charge in [-0.15, -0.1) is 12.6 Å². The third-order valence-electron chi connectivity index (χ3n) is 0.816. The normalized spacial score (nSPS) is 11.5. The SMILES string of the molecule is C=C/C=C(\S)CCC. The molecule has 0 fully saturated rings. The van der Waals surface area contributed by atoms with Crippen molar-refractivity contribution in [3.05, 3.63) is 23.6 Å². The number of hydrogen-bond acceptors (Lipinski definition) is 1. The Morgan fingerprint density at radius 1 is 1.75 bits per heavy atom. The van der Waals surface area contributed by atoms with Crippen molar-refractivity contribution in [2.75, 3.05) is 0 Å². The maximum atomic E-state index is 4.18. The summed E-state index contributed by atoms with van der Waals surface area (Å²) in [6.45, 7) is 5.69. The highest BCUT2D eigenvalue weighted by atomic mass is 32.1. The monoisotopic (exact) mass is 128 g/mol. The van der Waals surface area contributed by atoms with E-state index in [0.717, 1.165) is 17.7 Å². The molecule has 0 atom stereocenters. The summed E-state index contributed by atoms with van der Waals surface area (Å²) in [6.07, 6.45) is 5.91. The molecule has 8 heavy (non-hydrogen) atoms. The van der Waals surface area contributed by atoms with Crippen molar-refractivity contribution in [3.63, 3.8) is 0 Å². The molecule has 0 aliphatic carbocycles. The van der Waals surface area contributed by atoms with Gasteiger partial charge in [0.05, 0.1) is 0 Å². The molecule has 0 unspecified atom stereocenters. The predicted octanol–water partition coefficient (Wildman–Crippen LogP) is 2.79. The largest absolute Gasteiger partial charge is 0.148 e. The fourth-order valence-electron chi connectivity index (χ4n) is 0.476. The van der Waals surface area contributed by atoms with E-state index >= 15 is 0 Å². The van der Waals surface area contributed by atoms with Gasteiger partial charge in [0.15, 0.2) is 0 Å². The molecule has 0 saturated heterocycles. The lowest BCUT2D eigenvalue weighted by molar-refractivity contribution is 0.949. The van der Waals surface area contributed by atoms with Crippen LogP contribution in [0, 0.1) is 0 Å². The molecule has 0 aromatic rings. The molecular weight excluding hydrogens is 116 g/mol. The molecule has 0 aromatic carbocycles. The van der Waals surface area contributed by atoms with Gasteiger partial charge >= 0.3 is 0 Å². The average Bonchev–Trinajstić information content (AvgIpc) is 1.68. The predicted molar refractivity (Wildman–Crippen MR) is 42.2 cm³/mol. The van der Waals surface area contributed by atoms with Crippen molar-refractivity contribution >= 4 is 12.6 Å². The van der Waals surface area contributed by atoms with Crippen LogP contribution in [0.3, 0.4) is 0 Å². The fraction of sp³-hybridized carbons (Fsp3) is 0.429. The van der Waals surface area contributed by atoms with Crippen molar-refractivity contribution < 1.29 is 0 Å². The summed E-state index contributed by atoms with van der Waals surface area (Å²) in [5.74, 6) is 0. The van der Waals surface area contributed by atoms with Crippen LogP contribution in [0.2, 0.25) is 0 Å². The molecule has 0 aliphatic heterocycles. The van der Waals surface area contributed by atoms with Gasteiger partial charge in [-0.25, -0.2) is 0 Å². The molecule has 0 heterocycles. The minimum Gasteiger partial charge on any atom is -0.148 e. The molecular formula is C7H12S. The van der Waals surface area contributed by atoms with Crippen molar-refractivity contribution in [3.8, 4) is 0 Å². The van der Waals surface area contributed by atoms with Crippen LogP contribution in [-0.4, -0.2) is 0 Å². The van der Waals surface area contributed by atoms with E-state index in [4.69, 9.17) is 0 Å². The lowest BCUT2D eigenvalue weighted by atomic mass is 10.3. The summed E-state index contributed by atoms with van der Waals surface area (Å²) in [5, 5.41) is 0. The van der Waals surface area contributed by atoms with Crippen LogP contribution < -0.4 is 0 Å². The van der Waals surface area contributed by atoms with Gasteiger partial charge in [0.25, 0.3) is 0 Å². The second-order valence-electron chi connectivity index (χ2n) is 1.64. The van der Waals surface area contributed by atoms with Gasteiger partial charge in [-0.1, -0.05) is 32.1 Å². The molecule has 0 aliphatic rings. The second-order valence-corrected chi connectivity index (χ2v) is 2.22. The van der Waals surface area contributed by atoms with Gasteiger partial charge < -0.3 is 0 Å². The van der Waals surface area contributed by atoms with Crippen LogP contribution in [0.1, 0.15) is 19.8 Å². The summed E-state index contributed by atoms with van der Waals surface area (Å²) < 4.78 is 0. The Morgan fingerprint density at radius 2 is 2.38 bits per heavy atom. The second kappa shape index (κ2) is 4.98. The van der Waals surface area contributed by atoms with Crippen molar-refractivity contribution in [1.29, 1.82) is 0 Å². The van der Waals surface area contributed by atoms with Crippen LogP contribution in [0.15, 0.2) is 23.6 Å². The first-order valence-corrected chi connectivity index (χ1v) is 3.26. The standard InChI is InChI=1S/C7H12S/c1-3-5-7(8)6-4-2/h3,5,8H,1,4,6H2,2H3/b7-5-. The Labute approximate surface area is 56.7 Å². The third kappa shape index (κ3) is 4.00. The molecule has 0 amide bonds. The summed E-state index contributed by atoms with van der Waals surface area (Å²) >= 11 is 4.18. The third-order valence-corrected chi connectivity index (χ3v) is 1.19. The van der Waals surface area contributed by atoms with Crippen molar-refractivity contribution in [2.45, 2.75) is 19.8 Å². The van der Waals surface area contributed by atoms with E-state index in [1.54, 1.807) is 6.08 Å².